The Bertz CT molecular complexity index is 382. The molecule has 0 aromatic carbocycles. The van der Waals surface area contributed by atoms with Crippen LogP contribution in [0, 0.1) is 17.0 Å². The largest absolute Gasteiger partial charge is 0.395 e. The van der Waals surface area contributed by atoms with E-state index >= 15 is 0 Å². The van der Waals surface area contributed by atoms with Crippen LogP contribution in [0.15, 0.2) is 12.3 Å². The molecule has 0 aliphatic rings. The third kappa shape index (κ3) is 2.66. The number of aryl methyl sites for hydroxylation is 1. The first-order chi connectivity index (χ1) is 7.60. The number of nitro groups is 1. The molecule has 88 valence electrons. The van der Waals surface area contributed by atoms with E-state index in [-0.39, 0.29) is 12.3 Å². The van der Waals surface area contributed by atoms with Gasteiger partial charge in [-0.15, -0.1) is 0 Å². The number of hydrogen-bond donors (Lipinski definition) is 1. The molecule has 1 N–H and O–H groups in total. The molecule has 1 aromatic heterocycles. The fraction of sp³-hybridized carbons (Fsp3) is 0.500. The number of anilines is 1. The molecule has 0 spiro atoms. The number of hydrogen-bond acceptors (Lipinski definition) is 5. The first-order valence-electron chi connectivity index (χ1n) is 5.07. The predicted octanol–water partition coefficient (Wildman–Crippen LogP) is 1.12. The van der Waals surface area contributed by atoms with Crippen molar-refractivity contribution in [3.05, 3.63) is 27.9 Å². The van der Waals surface area contributed by atoms with Gasteiger partial charge in [0.1, 0.15) is 5.82 Å². The van der Waals surface area contributed by atoms with Gasteiger partial charge in [0.25, 0.3) is 5.69 Å². The lowest BCUT2D eigenvalue weighted by molar-refractivity contribution is -0.385. The van der Waals surface area contributed by atoms with Gasteiger partial charge in [-0.1, -0.05) is 0 Å². The summed E-state index contributed by atoms with van der Waals surface area (Å²) in [6.07, 6.45) is 1.48. The quantitative estimate of drug-likeness (QED) is 0.600. The lowest BCUT2D eigenvalue weighted by Gasteiger charge is -2.20. The molecule has 16 heavy (non-hydrogen) atoms. The second kappa shape index (κ2) is 5.41. The standard InChI is InChI=1S/C10H15N3O3/c1-3-12(4-5-14)10-6-9(13(15)16)8(2)7-11-10/h6-7,14H,3-5H2,1-2H3. The molecule has 0 fully saturated rings. The van der Waals surface area contributed by atoms with Crippen molar-refractivity contribution in [3.63, 3.8) is 0 Å². The summed E-state index contributed by atoms with van der Waals surface area (Å²) in [6, 6.07) is 1.44. The monoisotopic (exact) mass is 225 g/mol. The van der Waals surface area contributed by atoms with Gasteiger partial charge in [-0.2, -0.15) is 0 Å². The van der Waals surface area contributed by atoms with E-state index in [2.05, 4.69) is 4.98 Å². The van der Waals surface area contributed by atoms with Crippen molar-refractivity contribution in [3.8, 4) is 0 Å². The SMILES string of the molecule is CCN(CCO)c1cc([N+](=O)[O-])c(C)cn1. The summed E-state index contributed by atoms with van der Waals surface area (Å²) < 4.78 is 0. The molecule has 1 heterocycles. The Hall–Kier alpha value is -1.69. The molecule has 1 aromatic rings. The molecule has 0 amide bonds. The normalized spacial score (nSPS) is 10.2. The topological polar surface area (TPSA) is 79.5 Å². The van der Waals surface area contributed by atoms with E-state index in [1.54, 1.807) is 11.8 Å². The molecule has 1 rings (SSSR count). The van der Waals surface area contributed by atoms with Crippen LogP contribution in [0.4, 0.5) is 11.5 Å². The maximum atomic E-state index is 10.8. The summed E-state index contributed by atoms with van der Waals surface area (Å²) in [5.41, 5.74) is 0.593. The molecule has 0 unspecified atom stereocenters. The van der Waals surface area contributed by atoms with Crippen molar-refractivity contribution >= 4 is 11.5 Å². The minimum Gasteiger partial charge on any atom is -0.395 e. The third-order valence-corrected chi connectivity index (χ3v) is 2.33. The minimum absolute atomic E-state index is 0.00278. The maximum absolute atomic E-state index is 10.8. The van der Waals surface area contributed by atoms with Crippen LogP contribution in [0.3, 0.4) is 0 Å². The van der Waals surface area contributed by atoms with Crippen LogP contribution < -0.4 is 4.90 Å². The first-order valence-corrected chi connectivity index (χ1v) is 5.07. The third-order valence-electron chi connectivity index (χ3n) is 2.33. The molecule has 0 saturated carbocycles. The summed E-state index contributed by atoms with van der Waals surface area (Å²) >= 11 is 0. The zero-order valence-electron chi connectivity index (χ0n) is 9.38. The molecule has 0 bridgehead atoms. The highest BCUT2D eigenvalue weighted by molar-refractivity contribution is 5.50. The molecular formula is C10H15N3O3. The summed E-state index contributed by atoms with van der Waals surface area (Å²) in [5, 5.41) is 19.6. The van der Waals surface area contributed by atoms with Crippen molar-refractivity contribution < 1.29 is 10.0 Å². The molecule has 0 atom stereocenters. The summed E-state index contributed by atoms with van der Waals surface area (Å²) in [5.74, 6) is 0.522. The van der Waals surface area contributed by atoms with Crippen LogP contribution in [0.5, 0.6) is 0 Å². The lowest BCUT2D eigenvalue weighted by atomic mass is 10.2. The van der Waals surface area contributed by atoms with E-state index in [0.29, 0.717) is 24.5 Å². The smallest absolute Gasteiger partial charge is 0.277 e. The number of pyridine rings is 1. The highest BCUT2D eigenvalue weighted by Crippen LogP contribution is 2.22. The van der Waals surface area contributed by atoms with Gasteiger partial charge in [0.2, 0.25) is 0 Å². The van der Waals surface area contributed by atoms with E-state index in [0.717, 1.165) is 0 Å². The van der Waals surface area contributed by atoms with E-state index in [9.17, 15) is 10.1 Å². The second-order valence-corrected chi connectivity index (χ2v) is 3.39. The minimum atomic E-state index is -0.423. The van der Waals surface area contributed by atoms with Gasteiger partial charge in [0.05, 0.1) is 17.6 Å². The van der Waals surface area contributed by atoms with Gasteiger partial charge >= 0.3 is 0 Å². The molecule has 6 heteroatoms. The van der Waals surface area contributed by atoms with Crippen molar-refractivity contribution in [1.29, 1.82) is 0 Å². The summed E-state index contributed by atoms with van der Waals surface area (Å²) in [7, 11) is 0. The Labute approximate surface area is 93.7 Å². The van der Waals surface area contributed by atoms with Crippen molar-refractivity contribution in [2.45, 2.75) is 13.8 Å². The van der Waals surface area contributed by atoms with E-state index in [1.165, 1.54) is 12.3 Å². The number of rotatable bonds is 5. The van der Waals surface area contributed by atoms with E-state index in [1.807, 2.05) is 6.92 Å². The number of aromatic nitrogens is 1. The number of nitrogens with zero attached hydrogens (tertiary/aromatic N) is 3. The van der Waals surface area contributed by atoms with Gasteiger partial charge < -0.3 is 10.0 Å². The van der Waals surface area contributed by atoms with Crippen molar-refractivity contribution in [1.82, 2.24) is 4.98 Å². The van der Waals surface area contributed by atoms with Crippen LogP contribution in [0.2, 0.25) is 0 Å². The zero-order valence-corrected chi connectivity index (χ0v) is 9.38. The number of aliphatic hydroxyl groups is 1. The van der Waals surface area contributed by atoms with Gasteiger partial charge in [0, 0.05) is 24.8 Å². The summed E-state index contributed by atoms with van der Waals surface area (Å²) in [6.45, 7) is 4.62. The molecular weight excluding hydrogens is 210 g/mol. The van der Waals surface area contributed by atoms with E-state index < -0.39 is 4.92 Å². The van der Waals surface area contributed by atoms with Crippen LogP contribution in [-0.4, -0.2) is 34.7 Å². The molecule has 0 aliphatic carbocycles. The molecule has 6 nitrogen and oxygen atoms in total. The molecule has 0 radical (unpaired) electrons. The van der Waals surface area contributed by atoms with Gasteiger partial charge in [0.15, 0.2) is 0 Å². The van der Waals surface area contributed by atoms with Gasteiger partial charge in [-0.25, -0.2) is 4.98 Å². The second-order valence-electron chi connectivity index (χ2n) is 3.39. The van der Waals surface area contributed by atoms with Crippen molar-refractivity contribution in [2.75, 3.05) is 24.6 Å². The Balaban J connectivity index is 3.05. The predicted molar refractivity (Wildman–Crippen MR) is 60.6 cm³/mol. The van der Waals surface area contributed by atoms with Crippen LogP contribution in [0.1, 0.15) is 12.5 Å². The molecule has 0 aliphatic heterocycles. The van der Waals surface area contributed by atoms with Crippen molar-refractivity contribution in [2.24, 2.45) is 0 Å². The lowest BCUT2D eigenvalue weighted by Crippen LogP contribution is -2.27. The zero-order chi connectivity index (χ0) is 12.1. The average molecular weight is 225 g/mol. The Morgan fingerprint density at radius 1 is 1.62 bits per heavy atom. The van der Waals surface area contributed by atoms with Crippen LogP contribution >= 0.6 is 0 Å². The molecule has 0 saturated heterocycles. The fourth-order valence-corrected chi connectivity index (χ4v) is 1.43. The fourth-order valence-electron chi connectivity index (χ4n) is 1.43. The highest BCUT2D eigenvalue weighted by atomic mass is 16.6. The number of aliphatic hydroxyl groups excluding tert-OH is 1. The Morgan fingerprint density at radius 3 is 2.81 bits per heavy atom. The number of likely N-dealkylation sites (N-methyl/N-ethyl adjacent to an activating group) is 1. The average Bonchev–Trinajstić information content (AvgIpc) is 2.26. The summed E-state index contributed by atoms with van der Waals surface area (Å²) in [4.78, 5) is 16.2. The maximum Gasteiger partial charge on any atom is 0.277 e. The Kier molecular flexibility index (Phi) is 4.19. The van der Waals surface area contributed by atoms with Crippen LogP contribution in [0.25, 0.3) is 0 Å². The van der Waals surface area contributed by atoms with Crippen LogP contribution in [-0.2, 0) is 0 Å². The highest BCUT2D eigenvalue weighted by Gasteiger charge is 2.14. The van der Waals surface area contributed by atoms with Gasteiger partial charge in [-0.3, -0.25) is 10.1 Å². The van der Waals surface area contributed by atoms with E-state index in [4.69, 9.17) is 5.11 Å². The Morgan fingerprint density at radius 2 is 2.31 bits per heavy atom. The van der Waals surface area contributed by atoms with Gasteiger partial charge in [-0.05, 0) is 13.8 Å². The first kappa shape index (κ1) is 12.4.